The van der Waals surface area contributed by atoms with Crippen LogP contribution in [0, 0.1) is 0 Å². The predicted molar refractivity (Wildman–Crippen MR) is 72.3 cm³/mol. The molecule has 1 rings (SSSR count). The minimum absolute atomic E-state index is 0. The zero-order valence-corrected chi connectivity index (χ0v) is 11.7. The lowest BCUT2D eigenvalue weighted by Crippen LogP contribution is -2.69. The Morgan fingerprint density at radius 3 is 2.00 bits per heavy atom. The van der Waals surface area contributed by atoms with Crippen molar-refractivity contribution in [2.75, 3.05) is 0 Å². The molecule has 0 fully saturated rings. The highest BCUT2D eigenvalue weighted by Gasteiger charge is 2.29. The Hall–Kier alpha value is -0.860. The van der Waals surface area contributed by atoms with E-state index in [1.807, 2.05) is 0 Å². The monoisotopic (exact) mass is 237 g/mol. The second-order valence-corrected chi connectivity index (χ2v) is 4.64. The maximum absolute atomic E-state index is 4.46. The molecule has 98 valence electrons. The van der Waals surface area contributed by atoms with E-state index >= 15 is 0 Å². The van der Waals surface area contributed by atoms with Crippen LogP contribution in [0.25, 0.3) is 0 Å². The van der Waals surface area contributed by atoms with E-state index in [-0.39, 0.29) is 11.0 Å². The average Bonchev–Trinajstić information content (AvgIpc) is 2.36. The Balaban J connectivity index is 0.00000256. The zero-order valence-electron chi connectivity index (χ0n) is 11.7. The predicted octanol–water partition coefficient (Wildman–Crippen LogP) is 2.89. The second kappa shape index (κ2) is 6.77. The molecule has 1 aromatic carbocycles. The number of hydrogen-bond donors (Lipinski definition) is 1. The molecule has 0 aromatic heterocycles. The fourth-order valence-electron chi connectivity index (χ4n) is 2.51. The maximum atomic E-state index is 4.46. The van der Waals surface area contributed by atoms with Gasteiger partial charge in [-0.05, 0) is 24.0 Å². The SMILES string of the molecule is CCc1cccc(C([NH3+])(CC)CC)c1CC.[OH-]. The van der Waals surface area contributed by atoms with Crippen molar-refractivity contribution in [1.29, 1.82) is 0 Å². The molecule has 0 aliphatic heterocycles. The lowest BCUT2D eigenvalue weighted by Gasteiger charge is -2.27. The van der Waals surface area contributed by atoms with Crippen LogP contribution in [0.5, 0.6) is 0 Å². The quantitative estimate of drug-likeness (QED) is 0.841. The summed E-state index contributed by atoms with van der Waals surface area (Å²) in [5, 5.41) is 0. The van der Waals surface area contributed by atoms with Gasteiger partial charge in [-0.25, -0.2) is 0 Å². The summed E-state index contributed by atoms with van der Waals surface area (Å²) in [6.07, 6.45) is 4.48. The standard InChI is InChI=1S/C15H25N.H2O/c1-5-12-10-9-11-14(13(12)6-2)15(16,7-3)8-4;/h9-11H,5-8,16H2,1-4H3;1H2. The molecular weight excluding hydrogens is 210 g/mol. The molecular formula is C15H27NO. The van der Waals surface area contributed by atoms with E-state index < -0.39 is 0 Å². The third kappa shape index (κ3) is 3.08. The second-order valence-electron chi connectivity index (χ2n) is 4.64. The molecule has 0 bridgehead atoms. The van der Waals surface area contributed by atoms with Gasteiger partial charge in [-0.15, -0.1) is 0 Å². The molecule has 0 unspecified atom stereocenters. The van der Waals surface area contributed by atoms with E-state index in [0.717, 1.165) is 25.7 Å². The molecule has 0 spiro atoms. The molecule has 2 nitrogen and oxygen atoms in total. The van der Waals surface area contributed by atoms with Crippen molar-refractivity contribution in [3.05, 3.63) is 34.9 Å². The van der Waals surface area contributed by atoms with Crippen molar-refractivity contribution < 1.29 is 11.2 Å². The molecule has 4 N–H and O–H groups in total. The number of hydrogen-bond acceptors (Lipinski definition) is 1. The first-order valence-corrected chi connectivity index (χ1v) is 6.59. The molecule has 0 aliphatic rings. The van der Waals surface area contributed by atoms with Gasteiger partial charge in [0.05, 0.1) is 0 Å². The Bertz CT molecular complexity index is 343. The summed E-state index contributed by atoms with van der Waals surface area (Å²) in [7, 11) is 0. The first kappa shape index (κ1) is 16.1. The molecule has 0 amide bonds. The minimum atomic E-state index is 0. The van der Waals surface area contributed by atoms with Gasteiger partial charge in [0.25, 0.3) is 0 Å². The van der Waals surface area contributed by atoms with Crippen molar-refractivity contribution >= 4 is 0 Å². The third-order valence-electron chi connectivity index (χ3n) is 3.93. The van der Waals surface area contributed by atoms with Gasteiger partial charge in [0.2, 0.25) is 0 Å². The number of aryl methyl sites for hydroxylation is 1. The maximum Gasteiger partial charge on any atom is 0.120 e. The summed E-state index contributed by atoms with van der Waals surface area (Å²) in [6.45, 7) is 8.98. The number of rotatable bonds is 5. The highest BCUT2D eigenvalue weighted by atomic mass is 16.0. The number of benzene rings is 1. The van der Waals surface area contributed by atoms with E-state index in [1.165, 1.54) is 16.7 Å². The van der Waals surface area contributed by atoms with Crippen LogP contribution >= 0.6 is 0 Å². The fourth-order valence-corrected chi connectivity index (χ4v) is 2.51. The van der Waals surface area contributed by atoms with Crippen molar-refractivity contribution in [2.24, 2.45) is 0 Å². The topological polar surface area (TPSA) is 57.6 Å². The molecule has 0 saturated heterocycles. The van der Waals surface area contributed by atoms with Crippen LogP contribution in [-0.2, 0) is 18.4 Å². The van der Waals surface area contributed by atoms with Gasteiger partial charge in [-0.2, -0.15) is 0 Å². The van der Waals surface area contributed by atoms with Gasteiger partial charge in [0, 0.05) is 18.4 Å². The zero-order chi connectivity index (χ0) is 12.2. The van der Waals surface area contributed by atoms with Gasteiger partial charge >= 0.3 is 0 Å². The van der Waals surface area contributed by atoms with Crippen LogP contribution in [0.4, 0.5) is 0 Å². The van der Waals surface area contributed by atoms with Crippen LogP contribution in [0.15, 0.2) is 18.2 Å². The van der Waals surface area contributed by atoms with E-state index in [0.29, 0.717) is 0 Å². The van der Waals surface area contributed by atoms with Crippen LogP contribution in [-0.4, -0.2) is 5.48 Å². The first-order chi connectivity index (χ1) is 7.62. The van der Waals surface area contributed by atoms with E-state index in [4.69, 9.17) is 0 Å². The number of quaternary nitrogens is 1. The molecule has 0 aliphatic carbocycles. The van der Waals surface area contributed by atoms with Gasteiger partial charge < -0.3 is 11.2 Å². The lowest BCUT2D eigenvalue weighted by atomic mass is 9.80. The van der Waals surface area contributed by atoms with Crippen molar-refractivity contribution in [3.63, 3.8) is 0 Å². The van der Waals surface area contributed by atoms with Crippen LogP contribution in [0.2, 0.25) is 0 Å². The molecule has 0 heterocycles. The van der Waals surface area contributed by atoms with Crippen molar-refractivity contribution in [2.45, 2.75) is 58.9 Å². The Morgan fingerprint density at radius 2 is 1.59 bits per heavy atom. The Morgan fingerprint density at radius 1 is 1.00 bits per heavy atom. The summed E-state index contributed by atoms with van der Waals surface area (Å²) < 4.78 is 0. The van der Waals surface area contributed by atoms with Gasteiger partial charge in [-0.1, -0.05) is 45.9 Å². The highest BCUT2D eigenvalue weighted by Crippen LogP contribution is 2.29. The lowest BCUT2D eigenvalue weighted by molar-refractivity contribution is -0.490. The largest absolute Gasteiger partial charge is 0.870 e. The van der Waals surface area contributed by atoms with E-state index in [9.17, 15) is 0 Å². The van der Waals surface area contributed by atoms with Crippen molar-refractivity contribution in [1.82, 2.24) is 0 Å². The fraction of sp³-hybridized carbons (Fsp3) is 0.600. The smallest absolute Gasteiger partial charge is 0.120 e. The summed E-state index contributed by atoms with van der Waals surface area (Å²) in [6, 6.07) is 6.73. The van der Waals surface area contributed by atoms with E-state index in [2.05, 4.69) is 51.6 Å². The third-order valence-corrected chi connectivity index (χ3v) is 3.93. The summed E-state index contributed by atoms with van der Waals surface area (Å²) in [4.78, 5) is 0. The Labute approximate surface area is 106 Å². The molecule has 1 aromatic rings. The van der Waals surface area contributed by atoms with Crippen molar-refractivity contribution in [3.8, 4) is 0 Å². The van der Waals surface area contributed by atoms with Gasteiger partial charge in [0.15, 0.2) is 0 Å². The minimum Gasteiger partial charge on any atom is -0.870 e. The molecule has 0 saturated carbocycles. The molecule has 0 atom stereocenters. The summed E-state index contributed by atoms with van der Waals surface area (Å²) in [5.74, 6) is 0. The summed E-state index contributed by atoms with van der Waals surface area (Å²) >= 11 is 0. The van der Waals surface area contributed by atoms with Crippen LogP contribution < -0.4 is 5.73 Å². The normalized spacial score (nSPS) is 11.1. The molecule has 2 heteroatoms. The molecule has 17 heavy (non-hydrogen) atoms. The molecule has 0 radical (unpaired) electrons. The summed E-state index contributed by atoms with van der Waals surface area (Å²) in [5.41, 5.74) is 9.07. The Kier molecular flexibility index (Phi) is 6.43. The van der Waals surface area contributed by atoms with E-state index in [1.54, 1.807) is 0 Å². The van der Waals surface area contributed by atoms with Gasteiger partial charge in [-0.3, -0.25) is 0 Å². The average molecular weight is 237 g/mol. The van der Waals surface area contributed by atoms with Crippen LogP contribution in [0.1, 0.15) is 57.2 Å². The van der Waals surface area contributed by atoms with Crippen LogP contribution in [0.3, 0.4) is 0 Å². The van der Waals surface area contributed by atoms with Gasteiger partial charge in [0.1, 0.15) is 5.54 Å². The highest BCUT2D eigenvalue weighted by molar-refractivity contribution is 5.38. The first-order valence-electron chi connectivity index (χ1n) is 6.59.